The number of pyridine rings is 1. The van der Waals surface area contributed by atoms with E-state index in [1.807, 2.05) is 80.8 Å². The number of nitrogens with zero attached hydrogens (tertiary/aromatic N) is 2. The molecule has 4 rings (SSSR count). The van der Waals surface area contributed by atoms with Gasteiger partial charge in [0.2, 0.25) is 0 Å². The van der Waals surface area contributed by atoms with Crippen LogP contribution in [0.2, 0.25) is 0 Å². The van der Waals surface area contributed by atoms with Gasteiger partial charge in [0.15, 0.2) is 5.75 Å². The van der Waals surface area contributed by atoms with Gasteiger partial charge < -0.3 is 9.47 Å². The van der Waals surface area contributed by atoms with Crippen molar-refractivity contribution in [1.29, 1.82) is 0 Å². The van der Waals surface area contributed by atoms with Crippen LogP contribution >= 0.6 is 0 Å². The smallest absolute Gasteiger partial charge is 0.314 e. The van der Waals surface area contributed by atoms with E-state index in [1.165, 1.54) is 11.1 Å². The lowest BCUT2D eigenvalue weighted by molar-refractivity contribution is -0.213. The molecule has 4 aromatic rings. The zero-order valence-corrected chi connectivity index (χ0v) is 22.0. The van der Waals surface area contributed by atoms with Gasteiger partial charge in [-0.1, -0.05) is 85.8 Å². The average molecular weight is 511 g/mol. The Hall–Kier alpha value is -4.16. The van der Waals surface area contributed by atoms with E-state index in [4.69, 9.17) is 9.78 Å². The van der Waals surface area contributed by atoms with Gasteiger partial charge in [-0.3, -0.25) is 14.6 Å². The van der Waals surface area contributed by atoms with Crippen LogP contribution in [0.15, 0.2) is 108 Å². The molecule has 3 aromatic carbocycles. The summed E-state index contributed by atoms with van der Waals surface area (Å²) in [5.41, 5.74) is 4.44. The Labute approximate surface area is 224 Å². The van der Waals surface area contributed by atoms with Gasteiger partial charge in [0.25, 0.3) is 5.56 Å². The number of hydrogen-bond acceptors (Lipinski definition) is 5. The number of hydrogen-bond donors (Lipinski definition) is 0. The average Bonchev–Trinajstić information content (AvgIpc) is 2.94. The van der Waals surface area contributed by atoms with Gasteiger partial charge in [-0.2, -0.15) is 0 Å². The first-order valence-corrected chi connectivity index (χ1v) is 13.0. The molecule has 0 fully saturated rings. The van der Waals surface area contributed by atoms with Gasteiger partial charge in [-0.25, -0.2) is 4.79 Å². The Kier molecular flexibility index (Phi) is 9.48. The second-order valence-corrected chi connectivity index (χ2v) is 9.42. The fourth-order valence-electron chi connectivity index (χ4n) is 4.47. The summed E-state index contributed by atoms with van der Waals surface area (Å²) in [5.74, 6) is 0.137. The molecule has 1 heterocycles. The van der Waals surface area contributed by atoms with Crippen LogP contribution < -0.4 is 10.4 Å². The lowest BCUT2D eigenvalue weighted by Crippen LogP contribution is -2.28. The summed E-state index contributed by atoms with van der Waals surface area (Å²) < 4.78 is 1.79. The van der Waals surface area contributed by atoms with E-state index in [2.05, 4.69) is 29.2 Å². The molecule has 0 saturated heterocycles. The number of carbonyl (C=O) groups excluding carboxylic acids is 1. The van der Waals surface area contributed by atoms with E-state index in [0.717, 1.165) is 11.1 Å². The molecule has 38 heavy (non-hydrogen) atoms. The van der Waals surface area contributed by atoms with Gasteiger partial charge in [0.1, 0.15) is 0 Å². The molecule has 6 nitrogen and oxygen atoms in total. The summed E-state index contributed by atoms with van der Waals surface area (Å²) in [4.78, 5) is 36.5. The van der Waals surface area contributed by atoms with Gasteiger partial charge in [-0.15, -0.1) is 0 Å². The zero-order valence-electron chi connectivity index (χ0n) is 22.0. The van der Waals surface area contributed by atoms with Crippen molar-refractivity contribution in [2.24, 2.45) is 0 Å². The van der Waals surface area contributed by atoms with Gasteiger partial charge in [0, 0.05) is 44.2 Å². The number of aromatic nitrogens is 1. The van der Waals surface area contributed by atoms with E-state index in [0.29, 0.717) is 38.2 Å². The molecule has 196 valence electrons. The Bertz CT molecular complexity index is 1330. The molecule has 0 aliphatic heterocycles. The summed E-state index contributed by atoms with van der Waals surface area (Å²) in [7, 11) is 2.01. The molecule has 0 spiro atoms. The third-order valence-corrected chi connectivity index (χ3v) is 6.36. The summed E-state index contributed by atoms with van der Waals surface area (Å²) in [5, 5.41) is 0. The Morgan fingerprint density at radius 1 is 0.868 bits per heavy atom. The summed E-state index contributed by atoms with van der Waals surface area (Å²) in [6.45, 7) is 3.81. The molecule has 0 amide bonds. The molecule has 1 aromatic heterocycles. The van der Waals surface area contributed by atoms with Crippen molar-refractivity contribution in [2.75, 3.05) is 13.6 Å². The second kappa shape index (κ2) is 13.4. The Balaban J connectivity index is 1.44. The quantitative estimate of drug-likeness (QED) is 0.178. The van der Waals surface area contributed by atoms with E-state index >= 15 is 0 Å². The molecule has 0 aliphatic carbocycles. The minimum absolute atomic E-state index is 0.0219. The zero-order chi connectivity index (χ0) is 26.7. The first kappa shape index (κ1) is 26.9. The molecular weight excluding hydrogens is 476 g/mol. The molecule has 0 aliphatic rings. The van der Waals surface area contributed by atoms with Gasteiger partial charge in [0.05, 0.1) is 0 Å². The molecule has 6 heteroatoms. The third-order valence-electron chi connectivity index (χ3n) is 6.36. The van der Waals surface area contributed by atoms with Gasteiger partial charge in [-0.05, 0) is 47.9 Å². The largest absolute Gasteiger partial charge is 0.355 e. The van der Waals surface area contributed by atoms with Crippen molar-refractivity contribution in [2.45, 2.75) is 38.8 Å². The van der Waals surface area contributed by atoms with Crippen molar-refractivity contribution in [3.8, 4) is 5.75 Å². The maximum absolute atomic E-state index is 12.7. The number of benzene rings is 3. The highest BCUT2D eigenvalue weighted by atomic mass is 17.2. The maximum atomic E-state index is 12.7. The minimum atomic E-state index is -0.385. The van der Waals surface area contributed by atoms with Crippen LogP contribution in [-0.2, 0) is 22.8 Å². The lowest BCUT2D eigenvalue weighted by Gasteiger charge is -2.21. The number of carbonyl (C=O) groups is 1. The van der Waals surface area contributed by atoms with E-state index in [9.17, 15) is 9.59 Å². The van der Waals surface area contributed by atoms with Crippen molar-refractivity contribution in [3.05, 3.63) is 136 Å². The summed E-state index contributed by atoms with van der Waals surface area (Å²) >= 11 is 0. The first-order chi connectivity index (χ1) is 18.5. The summed E-state index contributed by atoms with van der Waals surface area (Å²) in [6.07, 6.45) is 3.01. The van der Waals surface area contributed by atoms with Gasteiger partial charge >= 0.3 is 5.97 Å². The van der Waals surface area contributed by atoms with Crippen molar-refractivity contribution in [1.82, 2.24) is 9.47 Å². The molecule has 0 N–H and O–H groups in total. The van der Waals surface area contributed by atoms with Crippen LogP contribution in [0.25, 0.3) is 0 Å². The maximum Gasteiger partial charge on any atom is 0.355 e. The third kappa shape index (κ3) is 7.43. The lowest BCUT2D eigenvalue weighted by atomic mass is 9.86. The Morgan fingerprint density at radius 2 is 1.55 bits per heavy atom. The molecular formula is C32H34N2O4. The SMILES string of the molecule is CCCC(=O)OOc1cccc(CN(C)CCn2cc(C(c3ccccc3)c3ccccc3)ccc2=O)c1. The van der Waals surface area contributed by atoms with Crippen LogP contribution in [0.3, 0.4) is 0 Å². The first-order valence-electron chi connectivity index (χ1n) is 13.0. The predicted molar refractivity (Wildman–Crippen MR) is 149 cm³/mol. The fourth-order valence-corrected chi connectivity index (χ4v) is 4.47. The van der Waals surface area contributed by atoms with Crippen LogP contribution in [0.5, 0.6) is 5.75 Å². The van der Waals surface area contributed by atoms with Crippen LogP contribution in [-0.4, -0.2) is 29.0 Å². The molecule has 0 unspecified atom stereocenters. The van der Waals surface area contributed by atoms with Crippen molar-refractivity contribution in [3.63, 3.8) is 0 Å². The predicted octanol–water partition coefficient (Wildman–Crippen LogP) is 5.80. The molecule has 0 bridgehead atoms. The molecule has 0 saturated carbocycles. The monoisotopic (exact) mass is 510 g/mol. The van der Waals surface area contributed by atoms with Crippen molar-refractivity contribution < 1.29 is 14.6 Å². The minimum Gasteiger partial charge on any atom is -0.314 e. The van der Waals surface area contributed by atoms with E-state index in [1.54, 1.807) is 16.7 Å². The number of likely N-dealkylation sites (N-methyl/N-ethyl adjacent to an activating group) is 1. The fraction of sp³-hybridized carbons (Fsp3) is 0.250. The van der Waals surface area contributed by atoms with E-state index < -0.39 is 0 Å². The Morgan fingerprint density at radius 3 is 2.21 bits per heavy atom. The van der Waals surface area contributed by atoms with E-state index in [-0.39, 0.29) is 17.4 Å². The molecule has 0 atom stereocenters. The highest BCUT2D eigenvalue weighted by Crippen LogP contribution is 2.31. The topological polar surface area (TPSA) is 60.8 Å². The normalized spacial score (nSPS) is 11.1. The van der Waals surface area contributed by atoms with Crippen LogP contribution in [0, 0.1) is 0 Å². The molecule has 0 radical (unpaired) electrons. The van der Waals surface area contributed by atoms with Crippen LogP contribution in [0.1, 0.15) is 47.9 Å². The standard InChI is InChI=1S/C32H34N2O4/c1-3-11-31(36)38-37-29-17-10-12-25(22-29)23-33(2)20-21-34-24-28(18-19-30(34)35)32(26-13-6-4-7-14-26)27-15-8-5-9-16-27/h4-10,12-19,22,24,32H,3,11,20-21,23H2,1-2H3. The summed E-state index contributed by atoms with van der Waals surface area (Å²) in [6, 6.07) is 31.8. The highest BCUT2D eigenvalue weighted by molar-refractivity contribution is 5.68. The van der Waals surface area contributed by atoms with Crippen molar-refractivity contribution >= 4 is 5.97 Å². The second-order valence-electron chi connectivity index (χ2n) is 9.42. The number of rotatable bonds is 12. The highest BCUT2D eigenvalue weighted by Gasteiger charge is 2.17. The van der Waals surface area contributed by atoms with Crippen LogP contribution in [0.4, 0.5) is 0 Å².